The van der Waals surface area contributed by atoms with Gasteiger partial charge in [-0.1, -0.05) is 48.5 Å². The fourth-order valence-electron chi connectivity index (χ4n) is 3.12. The summed E-state index contributed by atoms with van der Waals surface area (Å²) in [6.45, 7) is 4.81. The maximum absolute atomic E-state index is 12.9. The van der Waals surface area contributed by atoms with Crippen LogP contribution in [0.4, 0.5) is 5.69 Å². The number of nitrogens with zero attached hydrogens (tertiary/aromatic N) is 1. The molecule has 3 aromatic rings. The number of para-hydroxylation sites is 1. The van der Waals surface area contributed by atoms with Crippen LogP contribution in [0.1, 0.15) is 31.1 Å². The molecule has 0 unspecified atom stereocenters. The van der Waals surface area contributed by atoms with Crippen molar-refractivity contribution in [2.45, 2.75) is 26.4 Å². The van der Waals surface area contributed by atoms with Crippen molar-refractivity contribution in [3.8, 4) is 0 Å². The third-order valence-electron chi connectivity index (χ3n) is 4.49. The summed E-state index contributed by atoms with van der Waals surface area (Å²) < 4.78 is 5.36. The zero-order valence-corrected chi connectivity index (χ0v) is 17.9. The maximum Gasteiger partial charge on any atom is 0.326 e. The van der Waals surface area contributed by atoms with Gasteiger partial charge in [0.1, 0.15) is 12.1 Å². The van der Waals surface area contributed by atoms with Crippen molar-refractivity contribution in [1.82, 2.24) is 5.32 Å². The summed E-state index contributed by atoms with van der Waals surface area (Å²) in [6, 6.07) is 21.9. The number of carbonyl (C=O) groups is 3. The first-order chi connectivity index (χ1) is 14.7. The molecule has 31 heavy (non-hydrogen) atoms. The van der Waals surface area contributed by atoms with Gasteiger partial charge in [0.05, 0.1) is 6.54 Å². The van der Waals surface area contributed by atoms with E-state index in [1.54, 1.807) is 57.2 Å². The van der Waals surface area contributed by atoms with E-state index in [2.05, 4.69) is 5.32 Å². The van der Waals surface area contributed by atoms with E-state index in [1.165, 1.54) is 4.90 Å². The summed E-state index contributed by atoms with van der Waals surface area (Å²) in [7, 11) is 0. The molecule has 0 aromatic heterocycles. The molecule has 1 N–H and O–H groups in total. The van der Waals surface area contributed by atoms with Crippen molar-refractivity contribution in [1.29, 1.82) is 0 Å². The van der Waals surface area contributed by atoms with Crippen molar-refractivity contribution < 1.29 is 19.1 Å². The monoisotopic (exact) mass is 418 g/mol. The SMILES string of the molecule is CC(C)(C)OC(=O)CN(C(=O)CNC(=O)c1ccc2ccccc2c1)c1ccccc1. The number of esters is 1. The summed E-state index contributed by atoms with van der Waals surface area (Å²) in [4.78, 5) is 39.1. The smallest absolute Gasteiger partial charge is 0.326 e. The van der Waals surface area contributed by atoms with Gasteiger partial charge in [-0.25, -0.2) is 0 Å². The quantitative estimate of drug-likeness (QED) is 0.615. The molecule has 6 nitrogen and oxygen atoms in total. The molecule has 0 radical (unpaired) electrons. The van der Waals surface area contributed by atoms with E-state index < -0.39 is 17.5 Å². The number of ether oxygens (including phenoxy) is 1. The highest BCUT2D eigenvalue weighted by molar-refractivity contribution is 6.03. The highest BCUT2D eigenvalue weighted by Crippen LogP contribution is 2.17. The van der Waals surface area contributed by atoms with Gasteiger partial charge >= 0.3 is 5.97 Å². The topological polar surface area (TPSA) is 75.7 Å². The molecule has 0 aliphatic rings. The third-order valence-corrected chi connectivity index (χ3v) is 4.49. The van der Waals surface area contributed by atoms with Crippen LogP contribution in [0.15, 0.2) is 72.8 Å². The maximum atomic E-state index is 12.9. The second-order valence-electron chi connectivity index (χ2n) is 8.15. The van der Waals surface area contributed by atoms with E-state index in [1.807, 2.05) is 36.4 Å². The van der Waals surface area contributed by atoms with Crippen molar-refractivity contribution in [2.75, 3.05) is 18.0 Å². The molecular formula is C25H26N2O4. The Balaban J connectivity index is 1.70. The van der Waals surface area contributed by atoms with Gasteiger partial charge < -0.3 is 10.1 Å². The minimum Gasteiger partial charge on any atom is -0.459 e. The lowest BCUT2D eigenvalue weighted by Gasteiger charge is -2.25. The Morgan fingerprint density at radius 1 is 0.871 bits per heavy atom. The predicted octanol–water partition coefficient (Wildman–Crippen LogP) is 3.94. The molecule has 0 fully saturated rings. The molecule has 3 aromatic carbocycles. The second-order valence-corrected chi connectivity index (χ2v) is 8.15. The van der Waals surface area contributed by atoms with E-state index >= 15 is 0 Å². The Morgan fingerprint density at radius 2 is 1.52 bits per heavy atom. The Bertz CT molecular complexity index is 1090. The van der Waals surface area contributed by atoms with Gasteiger partial charge in [-0.15, -0.1) is 0 Å². The summed E-state index contributed by atoms with van der Waals surface area (Å²) in [6.07, 6.45) is 0. The molecule has 0 saturated carbocycles. The van der Waals surface area contributed by atoms with Crippen molar-refractivity contribution in [3.63, 3.8) is 0 Å². The summed E-state index contributed by atoms with van der Waals surface area (Å²) >= 11 is 0. The lowest BCUT2D eigenvalue weighted by molar-refractivity contribution is -0.153. The summed E-state index contributed by atoms with van der Waals surface area (Å²) in [5, 5.41) is 4.63. The zero-order valence-electron chi connectivity index (χ0n) is 17.9. The molecule has 0 aliphatic carbocycles. The summed E-state index contributed by atoms with van der Waals surface area (Å²) in [5.74, 6) is -1.29. The van der Waals surface area contributed by atoms with Gasteiger partial charge in [0.2, 0.25) is 5.91 Å². The van der Waals surface area contributed by atoms with Crippen LogP contribution in [-0.4, -0.2) is 36.5 Å². The molecule has 0 bridgehead atoms. The molecule has 0 aliphatic heterocycles. The number of rotatable bonds is 6. The van der Waals surface area contributed by atoms with Gasteiger partial charge in [0.15, 0.2) is 0 Å². The lowest BCUT2D eigenvalue weighted by Crippen LogP contribution is -2.44. The second kappa shape index (κ2) is 9.43. The molecule has 0 spiro atoms. The van der Waals surface area contributed by atoms with E-state index in [4.69, 9.17) is 4.74 Å². The van der Waals surface area contributed by atoms with Crippen LogP contribution < -0.4 is 10.2 Å². The van der Waals surface area contributed by atoms with Crippen LogP contribution in [0, 0.1) is 0 Å². The highest BCUT2D eigenvalue weighted by atomic mass is 16.6. The number of nitrogens with one attached hydrogen (secondary N) is 1. The Labute approximate surface area is 181 Å². The minimum atomic E-state index is -0.660. The van der Waals surface area contributed by atoms with Crippen LogP contribution in [0.3, 0.4) is 0 Å². The largest absolute Gasteiger partial charge is 0.459 e. The molecule has 0 atom stereocenters. The van der Waals surface area contributed by atoms with Crippen LogP contribution in [0.25, 0.3) is 10.8 Å². The number of carbonyl (C=O) groups excluding carboxylic acids is 3. The van der Waals surface area contributed by atoms with Gasteiger partial charge in [0, 0.05) is 11.3 Å². The van der Waals surface area contributed by atoms with Crippen LogP contribution in [0.2, 0.25) is 0 Å². The molecule has 2 amide bonds. The normalized spacial score (nSPS) is 11.1. The first-order valence-corrected chi connectivity index (χ1v) is 10.1. The zero-order chi connectivity index (χ0) is 22.4. The van der Waals surface area contributed by atoms with Gasteiger partial charge in [0.25, 0.3) is 5.91 Å². The number of fused-ring (bicyclic) bond motifs is 1. The van der Waals surface area contributed by atoms with Crippen LogP contribution in [0.5, 0.6) is 0 Å². The summed E-state index contributed by atoms with van der Waals surface area (Å²) in [5.41, 5.74) is 0.357. The molecule has 160 valence electrons. The van der Waals surface area contributed by atoms with E-state index in [0.717, 1.165) is 10.8 Å². The molecule has 3 rings (SSSR count). The van der Waals surface area contributed by atoms with Crippen LogP contribution >= 0.6 is 0 Å². The van der Waals surface area contributed by atoms with E-state index in [9.17, 15) is 14.4 Å². The van der Waals surface area contributed by atoms with E-state index in [0.29, 0.717) is 11.3 Å². The minimum absolute atomic E-state index is 0.244. The highest BCUT2D eigenvalue weighted by Gasteiger charge is 2.23. The average Bonchev–Trinajstić information content (AvgIpc) is 2.74. The number of hydrogen-bond acceptors (Lipinski definition) is 4. The third kappa shape index (κ3) is 6.15. The first-order valence-electron chi connectivity index (χ1n) is 10.1. The Kier molecular flexibility index (Phi) is 6.70. The molecule has 0 heterocycles. The van der Waals surface area contributed by atoms with Crippen molar-refractivity contribution >= 4 is 34.2 Å². The standard InChI is InChI=1S/C25H26N2O4/c1-25(2,3)31-23(29)17-27(21-11-5-4-6-12-21)22(28)16-26-24(30)20-14-13-18-9-7-8-10-19(18)15-20/h4-15H,16-17H2,1-3H3,(H,26,30). The predicted molar refractivity (Wildman–Crippen MR) is 121 cm³/mol. The number of hydrogen-bond donors (Lipinski definition) is 1. The number of anilines is 1. The van der Waals surface area contributed by atoms with E-state index in [-0.39, 0.29) is 19.0 Å². The fourth-order valence-corrected chi connectivity index (χ4v) is 3.12. The van der Waals surface area contributed by atoms with Gasteiger partial charge in [-0.3, -0.25) is 19.3 Å². The Hall–Kier alpha value is -3.67. The average molecular weight is 418 g/mol. The van der Waals surface area contributed by atoms with Gasteiger partial charge in [-0.05, 0) is 55.8 Å². The molecular weight excluding hydrogens is 392 g/mol. The lowest BCUT2D eigenvalue weighted by atomic mass is 10.1. The molecule has 6 heteroatoms. The van der Waals surface area contributed by atoms with Crippen LogP contribution in [-0.2, 0) is 14.3 Å². The number of benzene rings is 3. The fraction of sp³-hybridized carbons (Fsp3) is 0.240. The van der Waals surface area contributed by atoms with Crippen molar-refractivity contribution in [2.24, 2.45) is 0 Å². The van der Waals surface area contributed by atoms with Crippen molar-refractivity contribution in [3.05, 3.63) is 78.4 Å². The first kappa shape index (κ1) is 22.0. The van der Waals surface area contributed by atoms with Gasteiger partial charge in [-0.2, -0.15) is 0 Å². The number of amides is 2. The Morgan fingerprint density at radius 3 is 2.19 bits per heavy atom. The molecule has 0 saturated heterocycles.